The normalized spacial score (nSPS) is 11.6. The third kappa shape index (κ3) is 4.65. The number of anilines is 3. The van der Waals surface area contributed by atoms with E-state index in [1.807, 2.05) is 0 Å². The summed E-state index contributed by atoms with van der Waals surface area (Å²) in [7, 11) is 0. The van der Waals surface area contributed by atoms with Gasteiger partial charge in [-0.25, -0.2) is 0 Å². The number of para-hydroxylation sites is 1. The fourth-order valence-corrected chi connectivity index (χ4v) is 7.69. The first-order valence-electron chi connectivity index (χ1n) is 17.2. The van der Waals surface area contributed by atoms with Gasteiger partial charge in [0.1, 0.15) is 0 Å². The minimum Gasteiger partial charge on any atom is -0.310 e. The van der Waals surface area contributed by atoms with Crippen LogP contribution in [0, 0.1) is 0 Å². The molecule has 0 bridgehead atoms. The predicted octanol–water partition coefficient (Wildman–Crippen LogP) is 13.4. The van der Waals surface area contributed by atoms with Crippen LogP contribution in [0.15, 0.2) is 194 Å². The molecule has 50 heavy (non-hydrogen) atoms. The standard InChI is InChI=1S/C48H32N2/c1-2-10-33(11-3-1)35-18-24-40(25-19-35)49(41-26-20-34-12-4-5-14-37(34)30-41)42-27-21-39-32-43(28-22-38(39)31-42)50-47-17-9-8-16-45(47)46-29-23-36-13-6-7-15-44(36)48(46)50/h1-32H. The molecule has 2 heteroatoms. The molecule has 0 fully saturated rings. The lowest BCUT2D eigenvalue weighted by atomic mass is 10.0. The van der Waals surface area contributed by atoms with Gasteiger partial charge in [0.05, 0.1) is 11.0 Å². The molecule has 0 aliphatic heterocycles. The maximum Gasteiger partial charge on any atom is 0.0619 e. The number of aromatic nitrogens is 1. The molecule has 0 unspecified atom stereocenters. The molecule has 0 radical (unpaired) electrons. The van der Waals surface area contributed by atoms with Gasteiger partial charge >= 0.3 is 0 Å². The van der Waals surface area contributed by atoms with Crippen LogP contribution >= 0.6 is 0 Å². The van der Waals surface area contributed by atoms with Crippen LogP contribution in [-0.4, -0.2) is 4.57 Å². The molecule has 10 rings (SSSR count). The van der Waals surface area contributed by atoms with Crippen molar-refractivity contribution in [3.05, 3.63) is 194 Å². The molecule has 9 aromatic carbocycles. The molecule has 0 atom stereocenters. The SMILES string of the molecule is c1ccc(-c2ccc(N(c3ccc4ccccc4c3)c3ccc4cc(-n5c6ccccc6c6ccc7ccccc7c65)ccc4c3)cc2)cc1. The Kier molecular flexibility index (Phi) is 6.53. The number of hydrogen-bond donors (Lipinski definition) is 0. The summed E-state index contributed by atoms with van der Waals surface area (Å²) in [6, 6.07) is 70.5. The second-order valence-electron chi connectivity index (χ2n) is 13.0. The van der Waals surface area contributed by atoms with Gasteiger partial charge in [0, 0.05) is 38.9 Å². The summed E-state index contributed by atoms with van der Waals surface area (Å²) >= 11 is 0. The van der Waals surface area contributed by atoms with Crippen molar-refractivity contribution in [1.82, 2.24) is 4.57 Å². The summed E-state index contributed by atoms with van der Waals surface area (Å²) in [6.07, 6.45) is 0. The van der Waals surface area contributed by atoms with Crippen LogP contribution < -0.4 is 4.90 Å². The van der Waals surface area contributed by atoms with Crippen LogP contribution in [0.1, 0.15) is 0 Å². The van der Waals surface area contributed by atoms with E-state index in [1.165, 1.54) is 65.3 Å². The van der Waals surface area contributed by atoms with Gasteiger partial charge in [-0.2, -0.15) is 0 Å². The van der Waals surface area contributed by atoms with E-state index in [4.69, 9.17) is 0 Å². The Morgan fingerprint density at radius 3 is 1.66 bits per heavy atom. The summed E-state index contributed by atoms with van der Waals surface area (Å²) in [5.74, 6) is 0. The van der Waals surface area contributed by atoms with Crippen molar-refractivity contribution in [2.75, 3.05) is 4.90 Å². The van der Waals surface area contributed by atoms with Crippen molar-refractivity contribution in [2.45, 2.75) is 0 Å². The summed E-state index contributed by atoms with van der Waals surface area (Å²) in [5, 5.41) is 9.92. The lowest BCUT2D eigenvalue weighted by Gasteiger charge is -2.26. The largest absolute Gasteiger partial charge is 0.310 e. The van der Waals surface area contributed by atoms with Gasteiger partial charge in [-0.3, -0.25) is 0 Å². The molecule has 1 heterocycles. The molecule has 234 valence electrons. The van der Waals surface area contributed by atoms with Crippen LogP contribution in [0.4, 0.5) is 17.1 Å². The van der Waals surface area contributed by atoms with Gasteiger partial charge in [0.25, 0.3) is 0 Å². The fourth-order valence-electron chi connectivity index (χ4n) is 7.69. The lowest BCUT2D eigenvalue weighted by molar-refractivity contribution is 1.19. The predicted molar refractivity (Wildman–Crippen MR) is 213 cm³/mol. The minimum atomic E-state index is 1.12. The number of fused-ring (bicyclic) bond motifs is 7. The third-order valence-electron chi connectivity index (χ3n) is 10.1. The molecule has 0 saturated carbocycles. The molecule has 2 nitrogen and oxygen atoms in total. The zero-order chi connectivity index (χ0) is 33.0. The first-order chi connectivity index (χ1) is 24.8. The highest BCUT2D eigenvalue weighted by Gasteiger charge is 2.17. The van der Waals surface area contributed by atoms with Gasteiger partial charge in [-0.15, -0.1) is 0 Å². The Balaban J connectivity index is 1.12. The van der Waals surface area contributed by atoms with E-state index >= 15 is 0 Å². The van der Waals surface area contributed by atoms with E-state index < -0.39 is 0 Å². The Morgan fingerprint density at radius 1 is 0.320 bits per heavy atom. The second kappa shape index (κ2) is 11.5. The first-order valence-corrected chi connectivity index (χ1v) is 17.2. The number of rotatable bonds is 5. The molecule has 0 saturated heterocycles. The van der Waals surface area contributed by atoms with Gasteiger partial charge in [0.2, 0.25) is 0 Å². The van der Waals surface area contributed by atoms with Crippen molar-refractivity contribution in [3.63, 3.8) is 0 Å². The maximum absolute atomic E-state index is 2.44. The topological polar surface area (TPSA) is 8.17 Å². The number of benzene rings is 9. The fraction of sp³-hybridized carbons (Fsp3) is 0. The molecular weight excluding hydrogens is 605 g/mol. The average molecular weight is 637 g/mol. The van der Waals surface area contributed by atoms with Crippen molar-refractivity contribution in [2.24, 2.45) is 0 Å². The third-order valence-corrected chi connectivity index (χ3v) is 10.1. The van der Waals surface area contributed by atoms with Crippen LogP contribution in [0.2, 0.25) is 0 Å². The Morgan fingerprint density at radius 2 is 0.860 bits per heavy atom. The highest BCUT2D eigenvalue weighted by Crippen LogP contribution is 2.40. The van der Waals surface area contributed by atoms with E-state index in [0.29, 0.717) is 0 Å². The Hall–Kier alpha value is -6.64. The quantitative estimate of drug-likeness (QED) is 0.182. The van der Waals surface area contributed by atoms with Crippen LogP contribution in [-0.2, 0) is 0 Å². The highest BCUT2D eigenvalue weighted by atomic mass is 15.1. The van der Waals surface area contributed by atoms with Gasteiger partial charge in [0.15, 0.2) is 0 Å². The molecule has 1 aromatic heterocycles. The van der Waals surface area contributed by atoms with Crippen LogP contribution in [0.3, 0.4) is 0 Å². The zero-order valence-electron chi connectivity index (χ0n) is 27.4. The molecule has 0 amide bonds. The highest BCUT2D eigenvalue weighted by molar-refractivity contribution is 6.18. The molecule has 0 spiro atoms. The van der Waals surface area contributed by atoms with E-state index in [0.717, 1.165) is 22.7 Å². The van der Waals surface area contributed by atoms with E-state index in [2.05, 4.69) is 204 Å². The Labute approximate surface area is 290 Å². The molecule has 0 aliphatic rings. The smallest absolute Gasteiger partial charge is 0.0619 e. The van der Waals surface area contributed by atoms with Gasteiger partial charge in [-0.05, 0) is 92.7 Å². The Bertz CT molecular complexity index is 2860. The summed E-state index contributed by atoms with van der Waals surface area (Å²) < 4.78 is 2.44. The summed E-state index contributed by atoms with van der Waals surface area (Å²) in [6.45, 7) is 0. The molecular formula is C48H32N2. The second-order valence-corrected chi connectivity index (χ2v) is 13.0. The summed E-state index contributed by atoms with van der Waals surface area (Å²) in [4.78, 5) is 2.37. The lowest BCUT2D eigenvalue weighted by Crippen LogP contribution is -2.10. The number of nitrogens with zero attached hydrogens (tertiary/aromatic N) is 2. The van der Waals surface area contributed by atoms with Crippen LogP contribution in [0.5, 0.6) is 0 Å². The summed E-state index contributed by atoms with van der Waals surface area (Å²) in [5.41, 5.74) is 9.42. The van der Waals surface area contributed by atoms with Crippen molar-refractivity contribution in [3.8, 4) is 16.8 Å². The van der Waals surface area contributed by atoms with E-state index in [9.17, 15) is 0 Å². The monoisotopic (exact) mass is 636 g/mol. The number of hydrogen-bond acceptors (Lipinski definition) is 1. The molecule has 0 aliphatic carbocycles. The molecule has 10 aromatic rings. The van der Waals surface area contributed by atoms with E-state index in [1.54, 1.807) is 0 Å². The van der Waals surface area contributed by atoms with Gasteiger partial charge < -0.3 is 9.47 Å². The molecule has 0 N–H and O–H groups in total. The van der Waals surface area contributed by atoms with Crippen molar-refractivity contribution < 1.29 is 0 Å². The first kappa shape index (κ1) is 28.4. The minimum absolute atomic E-state index is 1.12. The van der Waals surface area contributed by atoms with Gasteiger partial charge in [-0.1, -0.05) is 140 Å². The van der Waals surface area contributed by atoms with Crippen LogP contribution in [0.25, 0.3) is 70.9 Å². The average Bonchev–Trinajstić information content (AvgIpc) is 3.53. The van der Waals surface area contributed by atoms with Crippen molar-refractivity contribution in [1.29, 1.82) is 0 Å². The maximum atomic E-state index is 2.44. The van der Waals surface area contributed by atoms with Crippen molar-refractivity contribution >= 4 is 71.2 Å². The van der Waals surface area contributed by atoms with E-state index in [-0.39, 0.29) is 0 Å². The zero-order valence-corrected chi connectivity index (χ0v) is 27.4.